The number of aryl methyl sites for hydroxylation is 1. The Morgan fingerprint density at radius 1 is 1.28 bits per heavy atom. The number of benzene rings is 2. The smallest absolute Gasteiger partial charge is 0.324 e. The molecule has 32 heavy (non-hydrogen) atoms. The summed E-state index contributed by atoms with van der Waals surface area (Å²) in [6.07, 6.45) is 0.533. The molecule has 2 aromatic carbocycles. The van der Waals surface area contributed by atoms with E-state index in [1.165, 1.54) is 30.3 Å². The SMILES string of the molecule is Cc1ccc(NC(=O)COC(=O)[C@@H]2CCCN2S(=O)(=O)c2ccccc2F)cc1[N+](=O)[O-]. The van der Waals surface area contributed by atoms with E-state index < -0.39 is 50.2 Å². The first-order valence-corrected chi connectivity index (χ1v) is 11.0. The van der Waals surface area contributed by atoms with Gasteiger partial charge in [0.15, 0.2) is 6.61 Å². The van der Waals surface area contributed by atoms with Crippen molar-refractivity contribution in [2.24, 2.45) is 0 Å². The monoisotopic (exact) mass is 465 g/mol. The van der Waals surface area contributed by atoms with Crippen LogP contribution in [0.15, 0.2) is 47.4 Å². The molecule has 10 nitrogen and oxygen atoms in total. The van der Waals surface area contributed by atoms with Gasteiger partial charge in [-0.05, 0) is 38.0 Å². The van der Waals surface area contributed by atoms with Crippen molar-refractivity contribution in [3.8, 4) is 0 Å². The van der Waals surface area contributed by atoms with Gasteiger partial charge in [-0.25, -0.2) is 12.8 Å². The first-order chi connectivity index (χ1) is 15.1. The first kappa shape index (κ1) is 23.3. The quantitative estimate of drug-likeness (QED) is 0.377. The van der Waals surface area contributed by atoms with Crippen LogP contribution in [0.3, 0.4) is 0 Å². The molecule has 1 aliphatic heterocycles. The summed E-state index contributed by atoms with van der Waals surface area (Å²) in [7, 11) is -4.27. The predicted molar refractivity (Wildman–Crippen MR) is 111 cm³/mol. The Balaban J connectivity index is 1.64. The van der Waals surface area contributed by atoms with Crippen molar-refractivity contribution in [2.45, 2.75) is 30.7 Å². The molecular weight excluding hydrogens is 445 g/mol. The number of nitrogens with one attached hydrogen (secondary N) is 1. The molecule has 1 amide bonds. The lowest BCUT2D eigenvalue weighted by molar-refractivity contribution is -0.385. The number of amides is 1. The topological polar surface area (TPSA) is 136 Å². The minimum atomic E-state index is -4.27. The van der Waals surface area contributed by atoms with Crippen molar-refractivity contribution < 1.29 is 32.1 Å². The van der Waals surface area contributed by atoms with Gasteiger partial charge in [0, 0.05) is 23.9 Å². The highest BCUT2D eigenvalue weighted by molar-refractivity contribution is 7.89. The molecule has 0 spiro atoms. The van der Waals surface area contributed by atoms with Crippen LogP contribution in [0.1, 0.15) is 18.4 Å². The van der Waals surface area contributed by atoms with Crippen LogP contribution < -0.4 is 5.32 Å². The number of hydrogen-bond donors (Lipinski definition) is 1. The summed E-state index contributed by atoms with van der Waals surface area (Å²) >= 11 is 0. The maximum atomic E-state index is 14.0. The number of carbonyl (C=O) groups is 2. The Morgan fingerprint density at radius 2 is 2.00 bits per heavy atom. The minimum absolute atomic E-state index is 0.00959. The second kappa shape index (κ2) is 9.40. The van der Waals surface area contributed by atoms with Crippen molar-refractivity contribution >= 4 is 33.3 Å². The minimum Gasteiger partial charge on any atom is -0.454 e. The lowest BCUT2D eigenvalue weighted by Gasteiger charge is -2.22. The fourth-order valence-electron chi connectivity index (χ4n) is 3.36. The van der Waals surface area contributed by atoms with Gasteiger partial charge in [0.2, 0.25) is 10.0 Å². The molecule has 2 aromatic rings. The van der Waals surface area contributed by atoms with Gasteiger partial charge in [-0.1, -0.05) is 18.2 Å². The normalized spacial score (nSPS) is 16.5. The standard InChI is InChI=1S/C20H20FN3O7S/c1-13-8-9-14(11-17(13)24(27)28)22-19(25)12-31-20(26)16-6-4-10-23(16)32(29,30)18-7-3-2-5-15(18)21/h2-3,5,7-9,11,16H,4,6,10,12H2,1H3,(H,22,25)/t16-/m0/s1. The number of carbonyl (C=O) groups excluding carboxylic acids is 2. The Labute approximate surface area is 183 Å². The van der Waals surface area contributed by atoms with E-state index >= 15 is 0 Å². The number of sulfonamides is 1. The molecule has 12 heteroatoms. The number of ether oxygens (including phenoxy) is 1. The molecular formula is C20H20FN3O7S. The van der Waals surface area contributed by atoms with Crippen LogP contribution in [-0.4, -0.2) is 48.7 Å². The summed E-state index contributed by atoms with van der Waals surface area (Å²) in [5, 5.41) is 13.4. The molecule has 1 aliphatic rings. The summed E-state index contributed by atoms with van der Waals surface area (Å²) in [5.41, 5.74) is 0.379. The molecule has 0 aliphatic carbocycles. The molecule has 0 aromatic heterocycles. The third-order valence-electron chi connectivity index (χ3n) is 4.93. The highest BCUT2D eigenvalue weighted by Crippen LogP contribution is 2.28. The number of nitro benzene ring substituents is 1. The van der Waals surface area contributed by atoms with Crippen LogP contribution in [0.4, 0.5) is 15.8 Å². The van der Waals surface area contributed by atoms with Crippen LogP contribution in [0.25, 0.3) is 0 Å². The molecule has 1 atom stereocenters. The predicted octanol–water partition coefficient (Wildman–Crippen LogP) is 2.38. The van der Waals surface area contributed by atoms with Crippen LogP contribution in [-0.2, 0) is 24.3 Å². The van der Waals surface area contributed by atoms with E-state index in [-0.39, 0.29) is 24.3 Å². The molecule has 0 bridgehead atoms. The molecule has 0 unspecified atom stereocenters. The number of rotatable bonds is 7. The van der Waals surface area contributed by atoms with E-state index in [9.17, 15) is 32.5 Å². The Kier molecular flexibility index (Phi) is 6.84. The number of hydrogen-bond acceptors (Lipinski definition) is 7. The van der Waals surface area contributed by atoms with Crippen molar-refractivity contribution in [3.05, 3.63) is 64.0 Å². The van der Waals surface area contributed by atoms with Crippen LogP contribution in [0.2, 0.25) is 0 Å². The highest BCUT2D eigenvalue weighted by atomic mass is 32.2. The fourth-order valence-corrected chi connectivity index (χ4v) is 5.07. The number of nitrogens with zero attached hydrogens (tertiary/aromatic N) is 2. The van der Waals surface area contributed by atoms with Crippen LogP contribution in [0, 0.1) is 22.9 Å². The molecule has 1 N–H and O–H groups in total. The number of halogens is 1. The zero-order valence-corrected chi connectivity index (χ0v) is 17.8. The van der Waals surface area contributed by atoms with Crippen molar-refractivity contribution in [1.29, 1.82) is 0 Å². The summed E-state index contributed by atoms with van der Waals surface area (Å²) < 4.78 is 45.5. The second-order valence-electron chi connectivity index (χ2n) is 7.12. The van der Waals surface area contributed by atoms with Crippen LogP contribution >= 0.6 is 0 Å². The van der Waals surface area contributed by atoms with Crippen molar-refractivity contribution in [2.75, 3.05) is 18.5 Å². The summed E-state index contributed by atoms with van der Waals surface area (Å²) in [6, 6.07) is 7.76. The molecule has 3 rings (SSSR count). The van der Waals surface area contributed by atoms with Gasteiger partial charge in [-0.3, -0.25) is 19.7 Å². The zero-order valence-electron chi connectivity index (χ0n) is 17.0. The number of nitro groups is 1. The van der Waals surface area contributed by atoms with Gasteiger partial charge in [-0.2, -0.15) is 4.31 Å². The average Bonchev–Trinajstić information content (AvgIpc) is 3.24. The third-order valence-corrected chi connectivity index (χ3v) is 6.88. The largest absolute Gasteiger partial charge is 0.454 e. The average molecular weight is 465 g/mol. The lowest BCUT2D eigenvalue weighted by Crippen LogP contribution is -2.42. The second-order valence-corrected chi connectivity index (χ2v) is 8.98. The molecule has 0 saturated carbocycles. The van der Waals surface area contributed by atoms with Crippen molar-refractivity contribution in [1.82, 2.24) is 4.31 Å². The summed E-state index contributed by atoms with van der Waals surface area (Å²) in [5.74, 6) is -2.62. The van der Waals surface area contributed by atoms with E-state index in [0.717, 1.165) is 16.4 Å². The van der Waals surface area contributed by atoms with Crippen molar-refractivity contribution in [3.63, 3.8) is 0 Å². The zero-order chi connectivity index (χ0) is 23.5. The van der Waals surface area contributed by atoms with E-state index in [1.54, 1.807) is 6.92 Å². The fraction of sp³-hybridized carbons (Fsp3) is 0.300. The van der Waals surface area contributed by atoms with E-state index in [2.05, 4.69) is 5.32 Å². The third kappa shape index (κ3) is 4.92. The number of anilines is 1. The number of esters is 1. The molecule has 170 valence electrons. The van der Waals surface area contributed by atoms with E-state index in [1.807, 2.05) is 0 Å². The van der Waals surface area contributed by atoms with Gasteiger partial charge < -0.3 is 10.1 Å². The van der Waals surface area contributed by atoms with E-state index in [4.69, 9.17) is 4.74 Å². The Morgan fingerprint density at radius 3 is 2.69 bits per heavy atom. The summed E-state index contributed by atoms with van der Waals surface area (Å²) in [6.45, 7) is 0.842. The van der Waals surface area contributed by atoms with Gasteiger partial charge >= 0.3 is 5.97 Å². The van der Waals surface area contributed by atoms with E-state index in [0.29, 0.717) is 12.0 Å². The van der Waals surface area contributed by atoms with Gasteiger partial charge in [0.25, 0.3) is 11.6 Å². The summed E-state index contributed by atoms with van der Waals surface area (Å²) in [4.78, 5) is 34.4. The first-order valence-electron chi connectivity index (χ1n) is 9.59. The molecule has 0 radical (unpaired) electrons. The van der Waals surface area contributed by atoms with Crippen LogP contribution in [0.5, 0.6) is 0 Å². The maximum Gasteiger partial charge on any atom is 0.324 e. The highest BCUT2D eigenvalue weighted by Gasteiger charge is 2.41. The molecule has 1 saturated heterocycles. The lowest BCUT2D eigenvalue weighted by atomic mass is 10.2. The molecule has 1 heterocycles. The van der Waals surface area contributed by atoms with Gasteiger partial charge in [0.1, 0.15) is 16.8 Å². The Hall–Kier alpha value is -3.38. The Bertz CT molecular complexity index is 1170. The van der Waals surface area contributed by atoms with Gasteiger partial charge in [0.05, 0.1) is 4.92 Å². The maximum absolute atomic E-state index is 14.0. The molecule has 1 fully saturated rings. The van der Waals surface area contributed by atoms with Gasteiger partial charge in [-0.15, -0.1) is 0 Å².